The summed E-state index contributed by atoms with van der Waals surface area (Å²) in [5, 5.41) is 0. The van der Waals surface area contributed by atoms with Crippen LogP contribution < -0.4 is 10.6 Å². The normalized spacial score (nSPS) is 13.4. The van der Waals surface area contributed by atoms with Gasteiger partial charge in [0, 0.05) is 37.1 Å². The first-order valence-electron chi connectivity index (χ1n) is 5.65. The summed E-state index contributed by atoms with van der Waals surface area (Å²) in [5.74, 6) is -0.341. The highest BCUT2D eigenvalue weighted by molar-refractivity contribution is 7.90. The topological polar surface area (TPSA) is 63.4 Å². The molecule has 6 heteroatoms. The Morgan fingerprint density at radius 3 is 2.56 bits per heavy atom. The van der Waals surface area contributed by atoms with Gasteiger partial charge in [0.15, 0.2) is 0 Å². The largest absolute Gasteiger partial charge is 0.373 e. The molecule has 0 amide bonds. The van der Waals surface area contributed by atoms with E-state index in [9.17, 15) is 12.8 Å². The van der Waals surface area contributed by atoms with Crippen molar-refractivity contribution in [3.63, 3.8) is 0 Å². The van der Waals surface area contributed by atoms with Gasteiger partial charge in [-0.2, -0.15) is 0 Å². The summed E-state index contributed by atoms with van der Waals surface area (Å²) in [5.41, 5.74) is 6.79. The van der Waals surface area contributed by atoms with Crippen molar-refractivity contribution in [1.29, 1.82) is 0 Å². The number of anilines is 1. The molecular formula is C12H19FN2O2S. The monoisotopic (exact) mass is 274 g/mol. The zero-order chi connectivity index (χ0) is 13.9. The molecule has 2 N–H and O–H groups in total. The average molecular weight is 274 g/mol. The van der Waals surface area contributed by atoms with Crippen molar-refractivity contribution in [2.75, 3.05) is 30.5 Å². The number of benzene rings is 1. The molecule has 0 aliphatic rings. The lowest BCUT2D eigenvalue weighted by Gasteiger charge is -2.24. The molecule has 18 heavy (non-hydrogen) atoms. The molecule has 1 atom stereocenters. The van der Waals surface area contributed by atoms with Crippen LogP contribution in [0.2, 0.25) is 0 Å². The predicted molar refractivity (Wildman–Crippen MR) is 72.0 cm³/mol. The number of rotatable bonds is 5. The van der Waals surface area contributed by atoms with Gasteiger partial charge in [0.2, 0.25) is 0 Å². The maximum absolute atomic E-state index is 13.7. The summed E-state index contributed by atoms with van der Waals surface area (Å²) in [6, 6.07) is 4.24. The number of halogens is 1. The van der Waals surface area contributed by atoms with E-state index in [4.69, 9.17) is 5.73 Å². The van der Waals surface area contributed by atoms with Gasteiger partial charge in [-0.15, -0.1) is 0 Å². The maximum atomic E-state index is 13.7. The van der Waals surface area contributed by atoms with Crippen molar-refractivity contribution in [1.82, 2.24) is 0 Å². The molecule has 0 aliphatic carbocycles. The molecule has 0 bridgehead atoms. The summed E-state index contributed by atoms with van der Waals surface area (Å²) in [6.07, 6.45) is 1.18. The van der Waals surface area contributed by atoms with Crippen molar-refractivity contribution >= 4 is 15.5 Å². The quantitative estimate of drug-likeness (QED) is 0.879. The summed E-state index contributed by atoms with van der Waals surface area (Å²) in [7, 11) is -1.31. The molecule has 0 heterocycles. The Hall–Kier alpha value is -1.14. The van der Waals surface area contributed by atoms with Gasteiger partial charge in [-0.1, -0.05) is 6.07 Å². The standard InChI is InChI=1S/C12H19FN2O2S/c1-9(14)12-10(13)5-4-6-11(12)15(2)7-8-18(3,16)17/h4-6,9H,7-8,14H2,1-3H3. The van der Waals surface area contributed by atoms with E-state index in [0.29, 0.717) is 17.8 Å². The highest BCUT2D eigenvalue weighted by Gasteiger charge is 2.16. The van der Waals surface area contributed by atoms with Crippen LogP contribution in [0.25, 0.3) is 0 Å². The van der Waals surface area contributed by atoms with Crippen molar-refractivity contribution in [3.05, 3.63) is 29.6 Å². The zero-order valence-electron chi connectivity index (χ0n) is 10.9. The van der Waals surface area contributed by atoms with Crippen LogP contribution >= 0.6 is 0 Å². The van der Waals surface area contributed by atoms with Crippen LogP contribution in [0.5, 0.6) is 0 Å². The number of nitrogens with two attached hydrogens (primary N) is 1. The average Bonchev–Trinajstić information content (AvgIpc) is 2.24. The van der Waals surface area contributed by atoms with Gasteiger partial charge in [-0.25, -0.2) is 12.8 Å². The Morgan fingerprint density at radius 2 is 2.06 bits per heavy atom. The summed E-state index contributed by atoms with van der Waals surface area (Å²) in [4.78, 5) is 1.71. The molecule has 102 valence electrons. The van der Waals surface area contributed by atoms with Crippen LogP contribution in [0.15, 0.2) is 18.2 Å². The Morgan fingerprint density at radius 1 is 1.44 bits per heavy atom. The van der Waals surface area contributed by atoms with Gasteiger partial charge in [0.05, 0.1) is 5.75 Å². The summed E-state index contributed by atoms with van der Waals surface area (Å²) >= 11 is 0. The fourth-order valence-electron chi connectivity index (χ4n) is 1.73. The van der Waals surface area contributed by atoms with Gasteiger partial charge in [-0.3, -0.25) is 0 Å². The number of hydrogen-bond donors (Lipinski definition) is 1. The number of nitrogens with zero attached hydrogens (tertiary/aromatic N) is 1. The molecule has 0 aliphatic heterocycles. The molecular weight excluding hydrogens is 255 g/mol. The molecule has 1 unspecified atom stereocenters. The molecule has 0 radical (unpaired) electrons. The Kier molecular flexibility index (Phi) is 4.70. The first kappa shape index (κ1) is 14.9. The molecule has 1 aromatic rings. The van der Waals surface area contributed by atoms with Gasteiger partial charge in [0.1, 0.15) is 15.7 Å². The SMILES string of the molecule is CC(N)c1c(F)cccc1N(C)CCS(C)(=O)=O. The number of sulfone groups is 1. The van der Waals surface area contributed by atoms with Crippen molar-refractivity contribution in [2.24, 2.45) is 5.73 Å². The predicted octanol–water partition coefficient (Wildman–Crippen LogP) is 1.33. The maximum Gasteiger partial charge on any atom is 0.149 e. The summed E-state index contributed by atoms with van der Waals surface area (Å²) in [6.45, 7) is 2.01. The molecule has 0 aromatic heterocycles. The van der Waals surface area contributed by atoms with E-state index >= 15 is 0 Å². The van der Waals surface area contributed by atoms with Gasteiger partial charge < -0.3 is 10.6 Å². The third-order valence-electron chi connectivity index (χ3n) is 2.69. The van der Waals surface area contributed by atoms with Crippen LogP contribution in [-0.2, 0) is 9.84 Å². The molecule has 1 aromatic carbocycles. The zero-order valence-corrected chi connectivity index (χ0v) is 11.7. The van der Waals surface area contributed by atoms with Crippen LogP contribution in [0, 0.1) is 5.82 Å². The lowest BCUT2D eigenvalue weighted by Crippen LogP contribution is -2.27. The molecule has 1 rings (SSSR count). The molecule has 0 fully saturated rings. The van der Waals surface area contributed by atoms with E-state index in [1.54, 1.807) is 31.0 Å². The highest BCUT2D eigenvalue weighted by Crippen LogP contribution is 2.26. The lowest BCUT2D eigenvalue weighted by atomic mass is 10.1. The highest BCUT2D eigenvalue weighted by atomic mass is 32.2. The van der Waals surface area contributed by atoms with E-state index in [1.165, 1.54) is 12.3 Å². The Labute approximate surface area is 108 Å². The van der Waals surface area contributed by atoms with Gasteiger partial charge in [-0.05, 0) is 19.1 Å². The molecule has 0 saturated heterocycles. The van der Waals surface area contributed by atoms with E-state index in [2.05, 4.69) is 0 Å². The smallest absolute Gasteiger partial charge is 0.149 e. The van der Waals surface area contributed by atoms with Gasteiger partial charge in [0.25, 0.3) is 0 Å². The van der Waals surface area contributed by atoms with Crippen LogP contribution in [-0.4, -0.2) is 34.0 Å². The third kappa shape index (κ3) is 3.96. The minimum Gasteiger partial charge on any atom is -0.373 e. The molecule has 0 saturated carbocycles. The van der Waals surface area contributed by atoms with E-state index in [1.807, 2.05) is 0 Å². The van der Waals surface area contributed by atoms with Crippen LogP contribution in [0.4, 0.5) is 10.1 Å². The minimum absolute atomic E-state index is 0.0262. The van der Waals surface area contributed by atoms with Crippen LogP contribution in [0.1, 0.15) is 18.5 Å². The van der Waals surface area contributed by atoms with Gasteiger partial charge >= 0.3 is 0 Å². The summed E-state index contributed by atoms with van der Waals surface area (Å²) < 4.78 is 36.0. The second-order valence-electron chi connectivity index (χ2n) is 4.51. The van der Waals surface area contributed by atoms with E-state index in [-0.39, 0.29) is 11.6 Å². The molecule has 0 spiro atoms. The van der Waals surface area contributed by atoms with E-state index < -0.39 is 15.9 Å². The second kappa shape index (κ2) is 5.67. The van der Waals surface area contributed by atoms with Crippen molar-refractivity contribution in [2.45, 2.75) is 13.0 Å². The fourth-order valence-corrected chi connectivity index (χ4v) is 2.34. The number of hydrogen-bond acceptors (Lipinski definition) is 4. The second-order valence-corrected chi connectivity index (χ2v) is 6.77. The van der Waals surface area contributed by atoms with E-state index in [0.717, 1.165) is 0 Å². The third-order valence-corrected chi connectivity index (χ3v) is 3.62. The first-order valence-corrected chi connectivity index (χ1v) is 7.71. The van der Waals surface area contributed by atoms with Crippen molar-refractivity contribution in [3.8, 4) is 0 Å². The minimum atomic E-state index is -3.04. The van der Waals surface area contributed by atoms with Crippen LogP contribution in [0.3, 0.4) is 0 Å². The molecule has 4 nitrogen and oxygen atoms in total. The Balaban J connectivity index is 2.99. The fraction of sp³-hybridized carbons (Fsp3) is 0.500. The first-order chi connectivity index (χ1) is 8.22. The Bertz CT molecular complexity index is 515. The lowest BCUT2D eigenvalue weighted by molar-refractivity contribution is 0.592. The van der Waals surface area contributed by atoms with Crippen molar-refractivity contribution < 1.29 is 12.8 Å².